The third kappa shape index (κ3) is 5.14. The van der Waals surface area contributed by atoms with Crippen molar-refractivity contribution in [2.24, 2.45) is 0 Å². The molecule has 0 fully saturated rings. The van der Waals surface area contributed by atoms with Crippen LogP contribution in [0.15, 0.2) is 40.2 Å². The van der Waals surface area contributed by atoms with E-state index in [-0.39, 0.29) is 4.24 Å². The molecule has 2 nitrogen and oxygen atoms in total. The standard InChI is InChI=1S/C15H15F3O2S2/c1-20-11-7-4-10(5-8-11)6-9-12(19)13(15(16,17)18)14(21-2)22-3/h4-9H,1-3H3/b9-6+. The molecule has 22 heavy (non-hydrogen) atoms. The number of allylic oxidation sites excluding steroid dienone is 2. The number of halogens is 3. The van der Waals surface area contributed by atoms with Gasteiger partial charge in [0.1, 0.15) is 11.3 Å². The summed E-state index contributed by atoms with van der Waals surface area (Å²) in [6.07, 6.45) is 0.641. The van der Waals surface area contributed by atoms with Crippen LogP contribution in [0.4, 0.5) is 13.2 Å². The molecular weight excluding hydrogens is 333 g/mol. The molecule has 0 aliphatic heterocycles. The Balaban J connectivity index is 3.05. The van der Waals surface area contributed by atoms with E-state index in [4.69, 9.17) is 4.74 Å². The SMILES string of the molecule is COc1ccc(/C=C/C(=O)C(=C(SC)SC)C(F)(F)F)cc1. The van der Waals surface area contributed by atoms with Gasteiger partial charge in [-0.1, -0.05) is 18.2 Å². The highest BCUT2D eigenvalue weighted by atomic mass is 32.2. The Kier molecular flexibility index (Phi) is 7.09. The zero-order valence-corrected chi connectivity index (χ0v) is 13.9. The molecule has 0 heterocycles. The smallest absolute Gasteiger partial charge is 0.421 e. The number of carbonyl (C=O) groups excluding carboxylic acids is 1. The lowest BCUT2D eigenvalue weighted by Gasteiger charge is -2.12. The molecule has 0 unspecified atom stereocenters. The molecule has 120 valence electrons. The van der Waals surface area contributed by atoms with Gasteiger partial charge in [-0.15, -0.1) is 23.5 Å². The lowest BCUT2D eigenvalue weighted by atomic mass is 10.1. The Bertz CT molecular complexity index is 569. The van der Waals surface area contributed by atoms with Crippen molar-refractivity contribution in [2.45, 2.75) is 6.18 Å². The fraction of sp³-hybridized carbons (Fsp3) is 0.267. The van der Waals surface area contributed by atoms with E-state index < -0.39 is 17.5 Å². The van der Waals surface area contributed by atoms with Crippen LogP contribution in [0.25, 0.3) is 6.08 Å². The van der Waals surface area contributed by atoms with Crippen molar-refractivity contribution in [1.29, 1.82) is 0 Å². The van der Waals surface area contributed by atoms with Crippen molar-refractivity contribution >= 4 is 35.4 Å². The molecule has 0 N–H and O–H groups in total. The summed E-state index contributed by atoms with van der Waals surface area (Å²) in [5.41, 5.74) is -0.511. The number of alkyl halides is 3. The molecule has 0 bridgehead atoms. The van der Waals surface area contributed by atoms with Gasteiger partial charge in [-0.2, -0.15) is 13.2 Å². The molecule has 0 aliphatic carbocycles. The van der Waals surface area contributed by atoms with Gasteiger partial charge in [0, 0.05) is 0 Å². The maximum absolute atomic E-state index is 13.1. The lowest BCUT2D eigenvalue weighted by molar-refractivity contribution is -0.125. The van der Waals surface area contributed by atoms with Crippen molar-refractivity contribution in [1.82, 2.24) is 0 Å². The van der Waals surface area contributed by atoms with Gasteiger partial charge in [0.25, 0.3) is 0 Å². The summed E-state index contributed by atoms with van der Waals surface area (Å²) in [6.45, 7) is 0. The van der Waals surface area contributed by atoms with Gasteiger partial charge in [-0.25, -0.2) is 0 Å². The number of methoxy groups -OCH3 is 1. The first-order valence-electron chi connectivity index (χ1n) is 6.09. The minimum absolute atomic E-state index is 0.0446. The number of ketones is 1. The minimum atomic E-state index is -4.68. The van der Waals surface area contributed by atoms with E-state index in [2.05, 4.69) is 0 Å². The first-order valence-corrected chi connectivity index (χ1v) is 8.54. The Morgan fingerprint density at radius 1 is 1.14 bits per heavy atom. The monoisotopic (exact) mass is 348 g/mol. The van der Waals surface area contributed by atoms with Gasteiger partial charge in [-0.3, -0.25) is 4.79 Å². The third-order valence-corrected chi connectivity index (χ3v) is 4.80. The second-order valence-corrected chi connectivity index (χ2v) is 5.93. The highest BCUT2D eigenvalue weighted by molar-refractivity contribution is 8.21. The van der Waals surface area contributed by atoms with Crippen LogP contribution in [0, 0.1) is 0 Å². The molecule has 0 saturated heterocycles. The molecular formula is C15H15F3O2S2. The highest BCUT2D eigenvalue weighted by Crippen LogP contribution is 2.37. The molecule has 0 saturated carbocycles. The summed E-state index contributed by atoms with van der Waals surface area (Å²) < 4.78 is 44.1. The predicted octanol–water partition coefficient (Wildman–Crippen LogP) is 4.78. The van der Waals surface area contributed by atoms with E-state index in [1.54, 1.807) is 24.3 Å². The van der Waals surface area contributed by atoms with Crippen molar-refractivity contribution in [3.63, 3.8) is 0 Å². The lowest BCUT2D eigenvalue weighted by Crippen LogP contribution is -2.20. The summed E-state index contributed by atoms with van der Waals surface area (Å²) in [4.78, 5) is 11.9. The van der Waals surface area contributed by atoms with Crippen molar-refractivity contribution in [2.75, 3.05) is 19.6 Å². The zero-order chi connectivity index (χ0) is 16.8. The number of rotatable bonds is 6. The Hall–Kier alpha value is -1.34. The van der Waals surface area contributed by atoms with E-state index in [1.165, 1.54) is 25.7 Å². The summed E-state index contributed by atoms with van der Waals surface area (Å²) in [5, 5.41) is 0. The van der Waals surface area contributed by atoms with E-state index >= 15 is 0 Å². The molecule has 0 atom stereocenters. The average Bonchev–Trinajstić information content (AvgIpc) is 2.49. The fourth-order valence-electron chi connectivity index (χ4n) is 1.61. The van der Waals surface area contributed by atoms with Gasteiger partial charge in [0.15, 0.2) is 5.78 Å². The summed E-state index contributed by atoms with van der Waals surface area (Å²) in [7, 11) is 1.52. The van der Waals surface area contributed by atoms with Crippen molar-refractivity contribution in [3.05, 3.63) is 45.7 Å². The Morgan fingerprint density at radius 2 is 1.68 bits per heavy atom. The number of hydrogen-bond donors (Lipinski definition) is 0. The van der Waals surface area contributed by atoms with Gasteiger partial charge in [0.2, 0.25) is 0 Å². The van der Waals surface area contributed by atoms with Crippen molar-refractivity contribution < 1.29 is 22.7 Å². The summed E-state index contributed by atoms with van der Waals surface area (Å²) >= 11 is 1.82. The molecule has 0 radical (unpaired) electrons. The van der Waals surface area contributed by atoms with Crippen LogP contribution in [-0.4, -0.2) is 31.6 Å². The topological polar surface area (TPSA) is 26.3 Å². The Morgan fingerprint density at radius 3 is 2.09 bits per heavy atom. The largest absolute Gasteiger partial charge is 0.497 e. The fourth-order valence-corrected chi connectivity index (χ4v) is 3.12. The molecule has 0 amide bonds. The third-order valence-electron chi connectivity index (χ3n) is 2.65. The normalized spacial score (nSPS) is 11.5. The summed E-state index contributed by atoms with van der Waals surface area (Å²) in [5.74, 6) is -0.423. The molecule has 0 aromatic heterocycles. The number of benzene rings is 1. The van der Waals surface area contributed by atoms with Crippen LogP contribution >= 0.6 is 23.5 Å². The number of ether oxygens (including phenoxy) is 1. The predicted molar refractivity (Wildman–Crippen MR) is 87.1 cm³/mol. The highest BCUT2D eigenvalue weighted by Gasteiger charge is 2.40. The number of thioether (sulfide) groups is 2. The van der Waals surface area contributed by atoms with Gasteiger partial charge in [-0.05, 0) is 36.3 Å². The maximum Gasteiger partial charge on any atom is 0.421 e. The van der Waals surface area contributed by atoms with Crippen molar-refractivity contribution in [3.8, 4) is 5.75 Å². The first kappa shape index (κ1) is 18.7. The number of hydrogen-bond acceptors (Lipinski definition) is 4. The molecule has 1 aromatic rings. The van der Waals surface area contributed by atoms with Crippen LogP contribution in [0.3, 0.4) is 0 Å². The second kappa shape index (κ2) is 8.33. The number of carbonyl (C=O) groups is 1. The molecule has 1 rings (SSSR count). The Labute approximate surface area is 135 Å². The van der Waals surface area contributed by atoms with Crippen LogP contribution in [0.1, 0.15) is 5.56 Å². The minimum Gasteiger partial charge on any atom is -0.497 e. The molecule has 0 aliphatic rings. The van der Waals surface area contributed by atoms with E-state index in [1.807, 2.05) is 0 Å². The van der Waals surface area contributed by atoms with Gasteiger partial charge >= 0.3 is 6.18 Å². The second-order valence-electron chi connectivity index (χ2n) is 4.04. The quantitative estimate of drug-likeness (QED) is 0.691. The van der Waals surface area contributed by atoms with Crippen LogP contribution in [0.5, 0.6) is 5.75 Å². The molecule has 1 aromatic carbocycles. The van der Waals surface area contributed by atoms with Crippen LogP contribution in [-0.2, 0) is 4.79 Å². The first-order chi connectivity index (χ1) is 10.3. The van der Waals surface area contributed by atoms with E-state index in [9.17, 15) is 18.0 Å². The van der Waals surface area contributed by atoms with Gasteiger partial charge in [0.05, 0.1) is 11.3 Å². The van der Waals surface area contributed by atoms with E-state index in [0.717, 1.165) is 29.6 Å². The zero-order valence-electron chi connectivity index (χ0n) is 12.2. The van der Waals surface area contributed by atoms with Gasteiger partial charge < -0.3 is 4.74 Å². The maximum atomic E-state index is 13.1. The van der Waals surface area contributed by atoms with E-state index in [0.29, 0.717) is 11.3 Å². The van der Waals surface area contributed by atoms with Crippen LogP contribution < -0.4 is 4.74 Å². The summed E-state index contributed by atoms with van der Waals surface area (Å²) in [6, 6.07) is 6.65. The van der Waals surface area contributed by atoms with Crippen LogP contribution in [0.2, 0.25) is 0 Å². The average molecular weight is 348 g/mol. The molecule has 7 heteroatoms. The molecule has 0 spiro atoms.